The van der Waals surface area contributed by atoms with Crippen LogP contribution >= 0.6 is 0 Å². The quantitative estimate of drug-likeness (QED) is 0.391. The van der Waals surface area contributed by atoms with Gasteiger partial charge in [0.15, 0.2) is 11.6 Å². The van der Waals surface area contributed by atoms with Crippen LogP contribution in [0, 0.1) is 11.8 Å². The highest BCUT2D eigenvalue weighted by atomic mass is 16.2. The van der Waals surface area contributed by atoms with Crippen molar-refractivity contribution >= 4 is 5.78 Å². The number of hydrogen-bond donors (Lipinski definition) is 2. The maximum absolute atomic E-state index is 12.1. The Balaban J connectivity index is 1.56. The van der Waals surface area contributed by atoms with E-state index in [1.54, 1.807) is 6.08 Å². The van der Waals surface area contributed by atoms with Gasteiger partial charge in [0, 0.05) is 24.9 Å². The number of hydrogen-bond acceptors (Lipinski definition) is 5. The summed E-state index contributed by atoms with van der Waals surface area (Å²) in [6.45, 7) is 0.295. The SMILES string of the molecule is O=C1C=C[C@@H](C=CCCCCCCO)[C@@H]1CCCCCCc1nn[nH]n1. The summed E-state index contributed by atoms with van der Waals surface area (Å²) in [5.74, 6) is 1.48. The highest BCUT2D eigenvalue weighted by Gasteiger charge is 2.27. The minimum absolute atomic E-state index is 0.137. The molecule has 0 unspecified atom stereocenters. The maximum Gasteiger partial charge on any atom is 0.174 e. The molecule has 2 N–H and O–H groups in total. The molecule has 2 atom stereocenters. The summed E-state index contributed by atoms with van der Waals surface area (Å²) in [7, 11) is 0. The first-order valence-electron chi connectivity index (χ1n) is 10.0. The van der Waals surface area contributed by atoms with Crippen LogP contribution in [0.5, 0.6) is 0 Å². The lowest BCUT2D eigenvalue weighted by atomic mass is 9.88. The second-order valence-corrected chi connectivity index (χ2v) is 7.08. The number of unbranched alkanes of at least 4 members (excludes halogenated alkanes) is 7. The lowest BCUT2D eigenvalue weighted by molar-refractivity contribution is -0.118. The Hall–Kier alpha value is -1.82. The number of tetrazole rings is 1. The molecule has 0 aliphatic heterocycles. The predicted molar refractivity (Wildman–Crippen MR) is 101 cm³/mol. The summed E-state index contributed by atoms with van der Waals surface area (Å²) in [5, 5.41) is 22.7. The average Bonchev–Trinajstić information content (AvgIpc) is 3.28. The van der Waals surface area contributed by atoms with Gasteiger partial charge in [0.2, 0.25) is 0 Å². The summed E-state index contributed by atoms with van der Waals surface area (Å²) >= 11 is 0. The molecule has 1 aromatic heterocycles. The summed E-state index contributed by atoms with van der Waals surface area (Å²) < 4.78 is 0. The molecule has 6 nitrogen and oxygen atoms in total. The fourth-order valence-corrected chi connectivity index (χ4v) is 3.46. The minimum atomic E-state index is 0.137. The number of aliphatic hydroxyl groups excluding tert-OH is 1. The largest absolute Gasteiger partial charge is 0.396 e. The van der Waals surface area contributed by atoms with Crippen LogP contribution in [-0.2, 0) is 11.2 Å². The Morgan fingerprint density at radius 3 is 2.69 bits per heavy atom. The van der Waals surface area contributed by atoms with E-state index in [-0.39, 0.29) is 17.6 Å². The van der Waals surface area contributed by atoms with Crippen molar-refractivity contribution in [3.63, 3.8) is 0 Å². The van der Waals surface area contributed by atoms with Gasteiger partial charge < -0.3 is 5.11 Å². The van der Waals surface area contributed by atoms with Gasteiger partial charge in [0.25, 0.3) is 0 Å². The van der Waals surface area contributed by atoms with Crippen molar-refractivity contribution in [3.8, 4) is 0 Å². The van der Waals surface area contributed by atoms with E-state index in [0.29, 0.717) is 6.61 Å². The molecular formula is C20H32N4O2. The fraction of sp³-hybridized carbons (Fsp3) is 0.700. The Bertz CT molecular complexity index is 554. The Morgan fingerprint density at radius 1 is 1.08 bits per heavy atom. The molecule has 0 radical (unpaired) electrons. The third-order valence-corrected chi connectivity index (χ3v) is 5.00. The molecule has 144 valence electrons. The molecule has 1 aromatic rings. The lowest BCUT2D eigenvalue weighted by Gasteiger charge is -2.14. The van der Waals surface area contributed by atoms with Crippen LogP contribution in [0.1, 0.15) is 70.0 Å². The van der Waals surface area contributed by atoms with Crippen LogP contribution in [0.25, 0.3) is 0 Å². The zero-order chi connectivity index (χ0) is 18.5. The van der Waals surface area contributed by atoms with E-state index in [0.717, 1.165) is 76.5 Å². The maximum atomic E-state index is 12.1. The number of H-pyrrole nitrogens is 1. The molecule has 1 heterocycles. The first kappa shape index (κ1) is 20.5. The number of carbonyl (C=O) groups excluding carboxylic acids is 1. The number of aromatic nitrogens is 4. The third-order valence-electron chi connectivity index (χ3n) is 5.00. The van der Waals surface area contributed by atoms with Crippen molar-refractivity contribution < 1.29 is 9.90 Å². The average molecular weight is 361 g/mol. The van der Waals surface area contributed by atoms with Gasteiger partial charge in [-0.2, -0.15) is 5.21 Å². The number of allylic oxidation sites excluding steroid dienone is 4. The van der Waals surface area contributed by atoms with Crippen molar-refractivity contribution in [1.29, 1.82) is 0 Å². The fourth-order valence-electron chi connectivity index (χ4n) is 3.46. The summed E-state index contributed by atoms with van der Waals surface area (Å²) in [5.41, 5.74) is 0. The van der Waals surface area contributed by atoms with Crippen LogP contribution in [0.2, 0.25) is 0 Å². The molecule has 0 amide bonds. The molecule has 6 heteroatoms. The Kier molecular flexibility index (Phi) is 9.87. The number of aryl methyl sites for hydroxylation is 1. The predicted octanol–water partition coefficient (Wildman–Crippen LogP) is 3.56. The normalized spacial score (nSPS) is 19.8. The van der Waals surface area contributed by atoms with Gasteiger partial charge in [-0.05, 0) is 38.2 Å². The second-order valence-electron chi connectivity index (χ2n) is 7.08. The van der Waals surface area contributed by atoms with Crippen LogP contribution in [0.4, 0.5) is 0 Å². The summed E-state index contributed by atoms with van der Waals surface area (Å²) in [6.07, 6.45) is 19.9. The van der Waals surface area contributed by atoms with Crippen LogP contribution in [0.15, 0.2) is 24.3 Å². The molecule has 0 fully saturated rings. The van der Waals surface area contributed by atoms with Gasteiger partial charge in [-0.3, -0.25) is 4.79 Å². The van der Waals surface area contributed by atoms with E-state index in [1.807, 2.05) is 0 Å². The molecule has 0 aromatic carbocycles. The Labute approximate surface area is 156 Å². The molecular weight excluding hydrogens is 328 g/mol. The van der Waals surface area contributed by atoms with E-state index < -0.39 is 0 Å². The highest BCUT2D eigenvalue weighted by Crippen LogP contribution is 2.29. The van der Waals surface area contributed by atoms with E-state index in [4.69, 9.17) is 5.11 Å². The molecule has 0 saturated carbocycles. The molecule has 1 aliphatic carbocycles. The second kappa shape index (κ2) is 12.5. The zero-order valence-electron chi connectivity index (χ0n) is 15.6. The van der Waals surface area contributed by atoms with Crippen LogP contribution in [-0.4, -0.2) is 38.1 Å². The van der Waals surface area contributed by atoms with Gasteiger partial charge >= 0.3 is 0 Å². The van der Waals surface area contributed by atoms with Crippen molar-refractivity contribution in [2.75, 3.05) is 6.61 Å². The van der Waals surface area contributed by atoms with Crippen molar-refractivity contribution in [3.05, 3.63) is 30.1 Å². The monoisotopic (exact) mass is 360 g/mol. The number of nitrogens with one attached hydrogen (secondary N) is 1. The molecule has 26 heavy (non-hydrogen) atoms. The first-order valence-corrected chi connectivity index (χ1v) is 10.0. The van der Waals surface area contributed by atoms with Crippen molar-refractivity contribution in [2.24, 2.45) is 11.8 Å². The molecule has 1 aliphatic rings. The van der Waals surface area contributed by atoms with Gasteiger partial charge in [-0.15, -0.1) is 10.2 Å². The third kappa shape index (κ3) is 7.60. The lowest BCUT2D eigenvalue weighted by Crippen LogP contribution is -2.14. The van der Waals surface area contributed by atoms with Gasteiger partial charge in [-0.25, -0.2) is 0 Å². The van der Waals surface area contributed by atoms with Crippen molar-refractivity contribution in [1.82, 2.24) is 20.6 Å². The number of nitrogens with zero attached hydrogens (tertiary/aromatic N) is 3. The molecule has 0 bridgehead atoms. The van der Waals surface area contributed by atoms with E-state index in [9.17, 15) is 4.79 Å². The van der Waals surface area contributed by atoms with Gasteiger partial charge in [-0.1, -0.05) is 55.5 Å². The zero-order valence-corrected chi connectivity index (χ0v) is 15.6. The molecule has 0 saturated heterocycles. The number of ketones is 1. The number of aliphatic hydroxyl groups is 1. The summed E-state index contributed by atoms with van der Waals surface area (Å²) in [4.78, 5) is 12.1. The number of aromatic amines is 1. The number of carbonyl (C=O) groups is 1. The van der Waals surface area contributed by atoms with E-state index >= 15 is 0 Å². The topological polar surface area (TPSA) is 91.8 Å². The molecule has 0 spiro atoms. The van der Waals surface area contributed by atoms with Gasteiger partial charge in [0.05, 0.1) is 0 Å². The minimum Gasteiger partial charge on any atom is -0.396 e. The smallest absolute Gasteiger partial charge is 0.174 e. The van der Waals surface area contributed by atoms with E-state index in [1.165, 1.54) is 0 Å². The van der Waals surface area contributed by atoms with Crippen LogP contribution < -0.4 is 0 Å². The highest BCUT2D eigenvalue weighted by molar-refractivity contribution is 5.94. The first-order chi connectivity index (χ1) is 12.8. The molecule has 2 rings (SSSR count). The van der Waals surface area contributed by atoms with E-state index in [2.05, 4.69) is 38.9 Å². The van der Waals surface area contributed by atoms with Crippen molar-refractivity contribution in [2.45, 2.75) is 70.6 Å². The summed E-state index contributed by atoms with van der Waals surface area (Å²) in [6, 6.07) is 0. The standard InChI is InChI=1S/C20H32N4O2/c25-16-10-6-2-1-3-7-11-17-14-15-19(26)18(17)12-8-4-5-9-13-20-21-23-24-22-20/h7,11,14-15,17-18,25H,1-6,8-10,12-13,16H2,(H,21,22,23,24)/t17-,18+/m1/s1. The number of rotatable bonds is 14. The van der Waals surface area contributed by atoms with Gasteiger partial charge in [0.1, 0.15) is 0 Å². The Morgan fingerprint density at radius 2 is 1.88 bits per heavy atom. The van der Waals surface area contributed by atoms with Crippen LogP contribution in [0.3, 0.4) is 0 Å².